The minimum Gasteiger partial charge on any atom is -0.494 e. The van der Waals surface area contributed by atoms with Crippen LogP contribution in [0.25, 0.3) is 22.1 Å². The number of aromatic nitrogens is 4. The Morgan fingerprint density at radius 1 is 0.808 bits per heavy atom. The largest absolute Gasteiger partial charge is 0.494 e. The van der Waals surface area contributed by atoms with E-state index in [-0.39, 0.29) is 11.1 Å². The highest BCUT2D eigenvalue weighted by Crippen LogP contribution is 2.20. The Kier molecular flexibility index (Phi) is 4.93. The number of methoxy groups -OCH3 is 2. The van der Waals surface area contributed by atoms with E-state index in [0.717, 1.165) is 5.52 Å². The van der Waals surface area contributed by atoms with E-state index in [2.05, 4.69) is 19.9 Å². The zero-order valence-electron chi connectivity index (χ0n) is 14.1. The lowest BCUT2D eigenvalue weighted by molar-refractivity contribution is 0.418. The number of aromatic amines is 2. The number of fused-ring (bicyclic) bond motifs is 2. The second-order valence-corrected chi connectivity index (χ2v) is 5.21. The van der Waals surface area contributed by atoms with Crippen molar-refractivity contribution in [3.05, 3.63) is 69.5 Å². The third-order valence-corrected chi connectivity index (χ3v) is 3.58. The summed E-state index contributed by atoms with van der Waals surface area (Å²) in [6, 6.07) is 10.8. The van der Waals surface area contributed by atoms with Crippen molar-refractivity contribution >= 4 is 22.1 Å². The molecule has 0 aliphatic carbocycles. The van der Waals surface area contributed by atoms with E-state index in [1.165, 1.54) is 12.4 Å². The smallest absolute Gasteiger partial charge is 0.266 e. The Balaban J connectivity index is 0.000000151. The Labute approximate surface area is 147 Å². The van der Waals surface area contributed by atoms with Crippen LogP contribution < -0.4 is 20.6 Å². The topological polar surface area (TPSA) is 110 Å². The van der Waals surface area contributed by atoms with Gasteiger partial charge in [-0.2, -0.15) is 0 Å². The third-order valence-electron chi connectivity index (χ3n) is 3.58. The lowest BCUT2D eigenvalue weighted by atomic mass is 10.3. The van der Waals surface area contributed by atoms with Crippen LogP contribution in [0.3, 0.4) is 0 Å². The van der Waals surface area contributed by atoms with E-state index in [1.807, 2.05) is 12.1 Å². The van der Waals surface area contributed by atoms with Gasteiger partial charge in [0.25, 0.3) is 11.1 Å². The van der Waals surface area contributed by atoms with Gasteiger partial charge in [-0.25, -0.2) is 9.97 Å². The molecule has 26 heavy (non-hydrogen) atoms. The first-order valence-corrected chi connectivity index (χ1v) is 7.66. The van der Waals surface area contributed by atoms with Crippen molar-refractivity contribution in [1.29, 1.82) is 0 Å². The maximum atomic E-state index is 11.0. The number of nitrogens with zero attached hydrogens (tertiary/aromatic N) is 2. The summed E-state index contributed by atoms with van der Waals surface area (Å²) in [6.45, 7) is 0. The highest BCUT2D eigenvalue weighted by Gasteiger charge is 2.02. The normalized spacial score (nSPS) is 10.2. The summed E-state index contributed by atoms with van der Waals surface area (Å²) in [5.74, 6) is 1.29. The molecule has 0 amide bonds. The fraction of sp³-hybridized carbons (Fsp3) is 0.111. The molecule has 4 aromatic rings. The number of rotatable bonds is 2. The Hall–Kier alpha value is -3.68. The average Bonchev–Trinajstić information content (AvgIpc) is 2.67. The van der Waals surface area contributed by atoms with Gasteiger partial charge in [-0.05, 0) is 24.3 Å². The molecule has 0 aliphatic heterocycles. The SMILES string of the molecule is COc1cccc2[nH]c(=O)cnc12.COc1cccc2ncc(=O)[nH]c12. The van der Waals surface area contributed by atoms with Gasteiger partial charge in [0, 0.05) is 0 Å². The van der Waals surface area contributed by atoms with Crippen molar-refractivity contribution in [3.63, 3.8) is 0 Å². The summed E-state index contributed by atoms with van der Waals surface area (Å²) < 4.78 is 10.2. The van der Waals surface area contributed by atoms with Crippen LogP contribution in [0, 0.1) is 0 Å². The number of hydrogen-bond acceptors (Lipinski definition) is 6. The monoisotopic (exact) mass is 352 g/mol. The van der Waals surface area contributed by atoms with Crippen LogP contribution in [0.1, 0.15) is 0 Å². The predicted molar refractivity (Wildman–Crippen MR) is 97.8 cm³/mol. The summed E-state index contributed by atoms with van der Waals surface area (Å²) >= 11 is 0. The highest BCUT2D eigenvalue weighted by molar-refractivity contribution is 5.81. The van der Waals surface area contributed by atoms with Gasteiger partial charge >= 0.3 is 0 Å². The van der Waals surface area contributed by atoms with Crippen LogP contribution in [-0.2, 0) is 0 Å². The molecule has 4 rings (SSSR count). The van der Waals surface area contributed by atoms with E-state index >= 15 is 0 Å². The molecular weight excluding hydrogens is 336 g/mol. The van der Waals surface area contributed by atoms with Crippen LogP contribution in [0.2, 0.25) is 0 Å². The summed E-state index contributed by atoms with van der Waals surface area (Å²) in [5.41, 5.74) is 2.28. The fourth-order valence-electron chi connectivity index (χ4n) is 2.42. The molecule has 2 N–H and O–H groups in total. The molecule has 8 heteroatoms. The van der Waals surface area contributed by atoms with Gasteiger partial charge in [0.05, 0.1) is 37.6 Å². The molecule has 0 fully saturated rings. The van der Waals surface area contributed by atoms with E-state index < -0.39 is 0 Å². The molecule has 0 aliphatic rings. The summed E-state index contributed by atoms with van der Waals surface area (Å²) in [6.07, 6.45) is 2.49. The number of hydrogen-bond donors (Lipinski definition) is 2. The van der Waals surface area contributed by atoms with Crippen LogP contribution >= 0.6 is 0 Å². The number of ether oxygens (including phenoxy) is 2. The molecule has 2 aromatic carbocycles. The second-order valence-electron chi connectivity index (χ2n) is 5.21. The first-order chi connectivity index (χ1) is 12.6. The predicted octanol–water partition coefficient (Wildman–Crippen LogP) is 1.86. The van der Waals surface area contributed by atoms with Crippen molar-refractivity contribution in [3.8, 4) is 11.5 Å². The Morgan fingerprint density at radius 2 is 1.46 bits per heavy atom. The number of para-hydroxylation sites is 2. The molecule has 0 bridgehead atoms. The molecule has 8 nitrogen and oxygen atoms in total. The summed E-state index contributed by atoms with van der Waals surface area (Å²) in [5, 5.41) is 0. The van der Waals surface area contributed by atoms with E-state index in [0.29, 0.717) is 28.0 Å². The molecule has 0 saturated carbocycles. The zero-order valence-corrected chi connectivity index (χ0v) is 14.1. The van der Waals surface area contributed by atoms with Gasteiger partial charge in [-0.3, -0.25) is 9.59 Å². The lowest BCUT2D eigenvalue weighted by Gasteiger charge is -2.02. The quantitative estimate of drug-likeness (QED) is 0.570. The molecule has 0 spiro atoms. The third kappa shape index (κ3) is 3.54. The summed E-state index contributed by atoms with van der Waals surface area (Å²) in [4.78, 5) is 35.2. The van der Waals surface area contributed by atoms with Crippen molar-refractivity contribution in [2.75, 3.05) is 14.2 Å². The Bertz CT molecular complexity index is 1170. The van der Waals surface area contributed by atoms with E-state index in [9.17, 15) is 9.59 Å². The zero-order chi connectivity index (χ0) is 18.5. The minimum absolute atomic E-state index is 0.208. The molecule has 0 atom stereocenters. The van der Waals surface area contributed by atoms with Crippen LogP contribution in [-0.4, -0.2) is 34.2 Å². The van der Waals surface area contributed by atoms with Gasteiger partial charge in [0.15, 0.2) is 0 Å². The molecule has 132 valence electrons. The molecule has 0 unspecified atom stereocenters. The van der Waals surface area contributed by atoms with Crippen LogP contribution in [0.15, 0.2) is 58.4 Å². The van der Waals surface area contributed by atoms with Crippen molar-refractivity contribution in [2.45, 2.75) is 0 Å². The summed E-state index contributed by atoms with van der Waals surface area (Å²) in [7, 11) is 3.13. The van der Waals surface area contributed by atoms with Gasteiger partial charge in [0.1, 0.15) is 22.5 Å². The van der Waals surface area contributed by atoms with Gasteiger partial charge in [-0.15, -0.1) is 0 Å². The maximum Gasteiger partial charge on any atom is 0.266 e. The molecule has 2 aromatic heterocycles. The lowest BCUT2D eigenvalue weighted by Crippen LogP contribution is -2.05. The molecule has 2 heterocycles. The fourth-order valence-corrected chi connectivity index (χ4v) is 2.42. The number of benzene rings is 2. The van der Waals surface area contributed by atoms with Crippen molar-refractivity contribution < 1.29 is 9.47 Å². The van der Waals surface area contributed by atoms with Crippen molar-refractivity contribution in [2.24, 2.45) is 0 Å². The second kappa shape index (κ2) is 7.47. The van der Waals surface area contributed by atoms with Gasteiger partial charge in [-0.1, -0.05) is 12.1 Å². The molecule has 0 saturated heterocycles. The number of H-pyrrole nitrogens is 2. The first kappa shape index (κ1) is 17.2. The maximum absolute atomic E-state index is 11.0. The standard InChI is InChI=1S/2C9H8N2O2/c1-13-7-4-2-3-6-9(7)10-5-8(12)11-6;1-13-7-4-2-3-6-9(7)11-8(12)5-10-6/h2*2-5H,1H3,(H,11,12). The van der Waals surface area contributed by atoms with E-state index in [4.69, 9.17) is 9.47 Å². The molecule has 0 radical (unpaired) electrons. The molecular formula is C18H16N4O4. The minimum atomic E-state index is -0.225. The highest BCUT2D eigenvalue weighted by atomic mass is 16.5. The van der Waals surface area contributed by atoms with Gasteiger partial charge in [0.2, 0.25) is 0 Å². The number of nitrogens with one attached hydrogen (secondary N) is 2. The van der Waals surface area contributed by atoms with Crippen molar-refractivity contribution in [1.82, 2.24) is 19.9 Å². The average molecular weight is 352 g/mol. The van der Waals surface area contributed by atoms with Crippen LogP contribution in [0.5, 0.6) is 11.5 Å². The van der Waals surface area contributed by atoms with E-state index in [1.54, 1.807) is 38.5 Å². The first-order valence-electron chi connectivity index (χ1n) is 7.66. The Morgan fingerprint density at radius 3 is 2.23 bits per heavy atom. The van der Waals surface area contributed by atoms with Crippen LogP contribution in [0.4, 0.5) is 0 Å². The van der Waals surface area contributed by atoms with Gasteiger partial charge < -0.3 is 19.4 Å².